The minimum absolute atomic E-state index is 0.664. The quantitative estimate of drug-likeness (QED) is 0.0714. The van der Waals surface area contributed by atoms with Gasteiger partial charge in [-0.05, 0) is 101 Å². The average Bonchev–Trinajstić information content (AvgIpc) is 2.87. The Morgan fingerprint density at radius 1 is 0.324 bits per heavy atom. The Labute approximate surface area is 243 Å². The Bertz CT molecular complexity index is 1000. The third-order valence-electron chi connectivity index (χ3n) is 3.97. The minimum Gasteiger partial charge on any atom is -0.202 e. The summed E-state index contributed by atoms with van der Waals surface area (Å²) in [4.78, 5) is 0. The van der Waals surface area contributed by atoms with E-state index in [1.807, 2.05) is 0 Å². The molecule has 0 radical (unpaired) electrons. The SMILES string of the molecule is Fc1c(F)c(I)c(F)c(F)c1I.Fc1c(F)c(I)c(F)c(F)c1I.c1ccc2ccccc2c1. The van der Waals surface area contributed by atoms with Gasteiger partial charge in [0, 0.05) is 0 Å². The third kappa shape index (κ3) is 6.83. The molecule has 0 nitrogen and oxygen atoms in total. The van der Waals surface area contributed by atoms with Gasteiger partial charge in [0.25, 0.3) is 0 Å². The first-order chi connectivity index (χ1) is 15.9. The van der Waals surface area contributed by atoms with Crippen LogP contribution in [0.3, 0.4) is 0 Å². The van der Waals surface area contributed by atoms with E-state index in [4.69, 9.17) is 0 Å². The summed E-state index contributed by atoms with van der Waals surface area (Å²) in [6.45, 7) is 0. The van der Waals surface area contributed by atoms with E-state index in [1.54, 1.807) is 0 Å². The van der Waals surface area contributed by atoms with E-state index in [0.29, 0.717) is 0 Å². The Morgan fingerprint density at radius 2 is 0.471 bits per heavy atom. The molecule has 4 rings (SSSR count). The number of rotatable bonds is 0. The van der Waals surface area contributed by atoms with Crippen LogP contribution >= 0.6 is 90.4 Å². The average molecular weight is 932 g/mol. The summed E-state index contributed by atoms with van der Waals surface area (Å²) in [5, 5.41) is 2.62. The number of benzene rings is 4. The van der Waals surface area contributed by atoms with Gasteiger partial charge in [-0.3, -0.25) is 0 Å². The molecule has 4 aromatic rings. The molecule has 0 aliphatic heterocycles. The van der Waals surface area contributed by atoms with Crippen molar-refractivity contribution in [1.29, 1.82) is 0 Å². The molecule has 0 N–H and O–H groups in total. The second-order valence-corrected chi connectivity index (χ2v) is 10.4. The van der Waals surface area contributed by atoms with Crippen LogP contribution in [0.4, 0.5) is 35.1 Å². The molecule has 0 unspecified atom stereocenters. The molecular formula is C22H8F8I4. The summed E-state index contributed by atoms with van der Waals surface area (Å²) in [5.74, 6) is -10.8. The van der Waals surface area contributed by atoms with Gasteiger partial charge in [0.2, 0.25) is 0 Å². The van der Waals surface area contributed by atoms with Crippen LogP contribution in [0.5, 0.6) is 0 Å². The number of hydrogen-bond donors (Lipinski definition) is 0. The summed E-state index contributed by atoms with van der Waals surface area (Å²) in [6, 6.07) is 16.7. The van der Waals surface area contributed by atoms with Crippen molar-refractivity contribution in [2.45, 2.75) is 0 Å². The van der Waals surface area contributed by atoms with Crippen LogP contribution in [0.1, 0.15) is 0 Å². The van der Waals surface area contributed by atoms with Crippen LogP contribution in [0.15, 0.2) is 48.5 Å². The van der Waals surface area contributed by atoms with Gasteiger partial charge in [0.1, 0.15) is 0 Å². The first kappa shape index (κ1) is 29.7. The van der Waals surface area contributed by atoms with Crippen LogP contribution in [0.25, 0.3) is 10.8 Å². The number of halogens is 12. The van der Waals surface area contributed by atoms with Crippen molar-refractivity contribution in [2.75, 3.05) is 0 Å². The first-order valence-corrected chi connectivity index (χ1v) is 13.0. The second kappa shape index (κ2) is 13.2. The van der Waals surface area contributed by atoms with Crippen molar-refractivity contribution in [2.24, 2.45) is 0 Å². The predicted molar refractivity (Wildman–Crippen MR) is 147 cm³/mol. The predicted octanol–water partition coefficient (Wildman–Crippen LogP) is 9.74. The van der Waals surface area contributed by atoms with Gasteiger partial charge in [-0.25, -0.2) is 35.1 Å². The molecule has 0 fully saturated rings. The van der Waals surface area contributed by atoms with Gasteiger partial charge in [0.15, 0.2) is 46.5 Å². The fraction of sp³-hybridized carbons (Fsp3) is 0. The van der Waals surface area contributed by atoms with Crippen molar-refractivity contribution in [3.8, 4) is 0 Å². The topological polar surface area (TPSA) is 0 Å². The highest BCUT2D eigenvalue weighted by Crippen LogP contribution is 2.27. The third-order valence-corrected chi connectivity index (χ3v) is 7.76. The summed E-state index contributed by atoms with van der Waals surface area (Å²) < 4.78 is 98.5. The van der Waals surface area contributed by atoms with E-state index in [0.717, 1.165) is 0 Å². The maximum atomic E-state index is 12.6. The Hall–Kier alpha value is -0.500. The zero-order valence-electron chi connectivity index (χ0n) is 16.2. The van der Waals surface area contributed by atoms with Crippen molar-refractivity contribution in [1.82, 2.24) is 0 Å². The van der Waals surface area contributed by atoms with Crippen LogP contribution < -0.4 is 0 Å². The maximum absolute atomic E-state index is 12.6. The molecule has 0 amide bonds. The molecule has 0 heterocycles. The molecule has 34 heavy (non-hydrogen) atoms. The minimum atomic E-state index is -1.35. The summed E-state index contributed by atoms with van der Waals surface area (Å²) in [7, 11) is 0. The van der Waals surface area contributed by atoms with E-state index >= 15 is 0 Å². The molecular weight excluding hydrogens is 924 g/mol. The van der Waals surface area contributed by atoms with Gasteiger partial charge in [-0.1, -0.05) is 48.5 Å². The fourth-order valence-corrected chi connectivity index (χ4v) is 4.18. The lowest BCUT2D eigenvalue weighted by Gasteiger charge is -2.02. The summed E-state index contributed by atoms with van der Waals surface area (Å²) >= 11 is 4.81. The zero-order chi connectivity index (χ0) is 25.7. The van der Waals surface area contributed by atoms with E-state index in [-0.39, 0.29) is 0 Å². The lowest BCUT2D eigenvalue weighted by molar-refractivity contribution is 0.437. The Kier molecular flexibility index (Phi) is 11.5. The van der Waals surface area contributed by atoms with Crippen LogP contribution in [0.2, 0.25) is 0 Å². The highest BCUT2D eigenvalue weighted by Gasteiger charge is 2.22. The fourth-order valence-electron chi connectivity index (χ4n) is 2.29. The normalized spacial score (nSPS) is 10.4. The molecule has 0 spiro atoms. The van der Waals surface area contributed by atoms with Gasteiger partial charge in [-0.15, -0.1) is 0 Å². The van der Waals surface area contributed by atoms with Gasteiger partial charge >= 0.3 is 0 Å². The van der Waals surface area contributed by atoms with E-state index in [2.05, 4.69) is 48.5 Å². The van der Waals surface area contributed by atoms with Crippen molar-refractivity contribution >= 4 is 101 Å². The molecule has 0 saturated heterocycles. The van der Waals surface area contributed by atoms with Crippen LogP contribution in [-0.2, 0) is 0 Å². The van der Waals surface area contributed by atoms with E-state index in [9.17, 15) is 35.1 Å². The summed E-state index contributed by atoms with van der Waals surface area (Å²) in [6.07, 6.45) is 0. The Balaban J connectivity index is 0.000000181. The number of fused-ring (bicyclic) bond motifs is 1. The van der Waals surface area contributed by atoms with Crippen molar-refractivity contribution < 1.29 is 35.1 Å². The van der Waals surface area contributed by atoms with E-state index < -0.39 is 60.8 Å². The Morgan fingerprint density at radius 3 is 0.618 bits per heavy atom. The molecule has 4 aromatic carbocycles. The van der Waals surface area contributed by atoms with Crippen LogP contribution in [-0.4, -0.2) is 0 Å². The standard InChI is InChI=1S/C10H8.2C6F4I2/c1-2-6-10-8-4-3-7-9(10)5-1;2*7-1-2(8)6(12)4(10)3(9)5(1)11/h1-8H;;. The van der Waals surface area contributed by atoms with Crippen molar-refractivity contribution in [3.63, 3.8) is 0 Å². The molecule has 0 aliphatic carbocycles. The molecule has 0 aliphatic rings. The van der Waals surface area contributed by atoms with Crippen LogP contribution in [0, 0.1) is 60.8 Å². The molecule has 180 valence electrons. The number of hydrogen-bond acceptors (Lipinski definition) is 0. The summed E-state index contributed by atoms with van der Waals surface area (Å²) in [5.41, 5.74) is 0. The zero-order valence-corrected chi connectivity index (χ0v) is 24.8. The molecule has 0 aromatic heterocycles. The lowest BCUT2D eigenvalue weighted by Crippen LogP contribution is -2.02. The first-order valence-electron chi connectivity index (χ1n) is 8.67. The van der Waals surface area contributed by atoms with Gasteiger partial charge < -0.3 is 0 Å². The monoisotopic (exact) mass is 932 g/mol. The largest absolute Gasteiger partial charge is 0.202 e. The lowest BCUT2D eigenvalue weighted by atomic mass is 10.1. The molecule has 0 atom stereocenters. The second-order valence-electron chi connectivity index (χ2n) is 6.11. The molecule has 0 bridgehead atoms. The highest BCUT2D eigenvalue weighted by atomic mass is 127. The smallest absolute Gasteiger partial charge is 0.176 e. The van der Waals surface area contributed by atoms with Gasteiger partial charge in [0.05, 0.1) is 14.3 Å². The maximum Gasteiger partial charge on any atom is 0.176 e. The molecule has 12 heteroatoms. The molecule has 0 saturated carbocycles. The van der Waals surface area contributed by atoms with E-state index in [1.165, 1.54) is 101 Å². The van der Waals surface area contributed by atoms with Gasteiger partial charge in [-0.2, -0.15) is 0 Å². The van der Waals surface area contributed by atoms with Crippen molar-refractivity contribution in [3.05, 3.63) is 109 Å². The highest BCUT2D eigenvalue weighted by molar-refractivity contribution is 14.1.